The Kier molecular flexibility index (Phi) is 5.80. The first kappa shape index (κ1) is 21.4. The first-order chi connectivity index (χ1) is 14.7. The number of ether oxygens (including phenoxy) is 1. The van der Waals surface area contributed by atoms with E-state index in [1.54, 1.807) is 18.2 Å². The van der Waals surface area contributed by atoms with Gasteiger partial charge in [0.1, 0.15) is 11.0 Å². The van der Waals surface area contributed by atoms with Crippen LogP contribution >= 0.6 is 0 Å². The Bertz CT molecular complexity index is 1070. The zero-order valence-corrected chi connectivity index (χ0v) is 18.6. The van der Waals surface area contributed by atoms with Gasteiger partial charge in [0, 0.05) is 36.5 Å². The molecule has 0 radical (unpaired) electrons. The molecule has 4 N–H and O–H groups in total. The topological polar surface area (TPSA) is 128 Å². The molecule has 0 saturated heterocycles. The number of nitrogens with zero attached hydrogens (tertiary/aromatic N) is 2. The normalized spacial score (nSPS) is 22.3. The number of carbonyl (C=O) groups is 1. The number of aromatic nitrogens is 2. The predicted octanol–water partition coefficient (Wildman–Crippen LogP) is 2.61. The van der Waals surface area contributed by atoms with E-state index >= 15 is 0 Å². The Morgan fingerprint density at radius 2 is 2.10 bits per heavy atom. The zero-order chi connectivity index (χ0) is 22.2. The number of fused-ring (bicyclic) bond motifs is 1. The van der Waals surface area contributed by atoms with Gasteiger partial charge >= 0.3 is 6.09 Å². The highest BCUT2D eigenvalue weighted by Crippen LogP contribution is 2.36. The maximum Gasteiger partial charge on any atom is 0.407 e. The molecule has 0 unspecified atom stereocenters. The van der Waals surface area contributed by atoms with Gasteiger partial charge in [-0.25, -0.2) is 13.2 Å². The quantitative estimate of drug-likeness (QED) is 0.553. The molecule has 2 aliphatic rings. The van der Waals surface area contributed by atoms with Gasteiger partial charge in [-0.2, -0.15) is 9.82 Å². The summed E-state index contributed by atoms with van der Waals surface area (Å²) in [5.41, 5.74) is 2.37. The molecular weight excluding hydrogens is 420 g/mol. The van der Waals surface area contributed by atoms with Crippen LogP contribution in [0.4, 0.5) is 22.0 Å². The van der Waals surface area contributed by atoms with Crippen LogP contribution in [-0.2, 0) is 14.8 Å². The smallest absolute Gasteiger partial charge is 0.407 e. The first-order valence-corrected chi connectivity index (χ1v) is 11.8. The lowest BCUT2D eigenvalue weighted by molar-refractivity contribution is 0.0981. The van der Waals surface area contributed by atoms with Crippen molar-refractivity contribution in [3.63, 3.8) is 0 Å². The Labute approximate surface area is 181 Å². The number of sulfonamides is 1. The predicted molar refractivity (Wildman–Crippen MR) is 117 cm³/mol. The second-order valence-corrected chi connectivity index (χ2v) is 10.1. The summed E-state index contributed by atoms with van der Waals surface area (Å²) in [7, 11) is -1.64. The van der Waals surface area contributed by atoms with Crippen LogP contribution in [0.15, 0.2) is 29.2 Å². The summed E-state index contributed by atoms with van der Waals surface area (Å²) in [6.45, 7) is 4.02. The molecule has 4 rings (SSSR count). The number of aromatic amines is 1. The number of alkyl carbamates (subject to hydrolysis) is 1. The number of hydrogen-bond acceptors (Lipinski definition) is 7. The van der Waals surface area contributed by atoms with E-state index in [0.29, 0.717) is 11.5 Å². The van der Waals surface area contributed by atoms with Crippen molar-refractivity contribution < 1.29 is 17.9 Å². The summed E-state index contributed by atoms with van der Waals surface area (Å²) >= 11 is 0. The Balaban J connectivity index is 1.40. The molecule has 31 heavy (non-hydrogen) atoms. The van der Waals surface area contributed by atoms with Crippen LogP contribution in [0, 0.1) is 0 Å². The van der Waals surface area contributed by atoms with Crippen LogP contribution in [-0.4, -0.2) is 50.6 Å². The van der Waals surface area contributed by atoms with Gasteiger partial charge in [-0.3, -0.25) is 5.10 Å². The third-order valence-corrected chi connectivity index (χ3v) is 6.96. The van der Waals surface area contributed by atoms with Crippen molar-refractivity contribution in [2.24, 2.45) is 0 Å². The number of rotatable bonds is 5. The molecule has 10 nitrogen and oxygen atoms in total. The van der Waals surface area contributed by atoms with E-state index in [2.05, 4.69) is 25.6 Å². The molecule has 1 aliphatic heterocycles. The van der Waals surface area contributed by atoms with Gasteiger partial charge in [0.15, 0.2) is 5.82 Å². The molecule has 2 atom stereocenters. The van der Waals surface area contributed by atoms with Crippen molar-refractivity contribution in [2.75, 3.05) is 23.9 Å². The number of amides is 1. The Morgan fingerprint density at radius 3 is 2.87 bits per heavy atom. The van der Waals surface area contributed by atoms with Crippen LogP contribution in [0.25, 0.3) is 0 Å². The minimum atomic E-state index is -3.47. The van der Waals surface area contributed by atoms with Crippen LogP contribution in [0.5, 0.6) is 0 Å². The highest BCUT2D eigenvalue weighted by molar-refractivity contribution is 7.89. The van der Waals surface area contributed by atoms with Crippen molar-refractivity contribution in [1.82, 2.24) is 20.2 Å². The second kappa shape index (κ2) is 8.39. The van der Waals surface area contributed by atoms with Crippen LogP contribution < -0.4 is 20.3 Å². The Morgan fingerprint density at radius 1 is 1.29 bits per heavy atom. The van der Waals surface area contributed by atoms with E-state index < -0.39 is 10.0 Å². The average Bonchev–Trinajstić information content (AvgIpc) is 3.34. The lowest BCUT2D eigenvalue weighted by Crippen LogP contribution is -2.40. The van der Waals surface area contributed by atoms with E-state index in [1.165, 1.54) is 0 Å². The molecule has 1 fully saturated rings. The van der Waals surface area contributed by atoms with E-state index in [-0.39, 0.29) is 35.7 Å². The third kappa shape index (κ3) is 4.77. The molecule has 1 aliphatic carbocycles. The number of hydrogen-bond donors (Lipinski definition) is 4. The minimum Gasteiger partial charge on any atom is -0.446 e. The summed E-state index contributed by atoms with van der Waals surface area (Å²) in [4.78, 5) is 13.9. The van der Waals surface area contributed by atoms with Gasteiger partial charge in [0.25, 0.3) is 0 Å². The highest BCUT2D eigenvalue weighted by atomic mass is 32.2. The maximum atomic E-state index is 12.2. The number of H-pyrrole nitrogens is 1. The van der Waals surface area contributed by atoms with E-state index in [4.69, 9.17) is 4.74 Å². The summed E-state index contributed by atoms with van der Waals surface area (Å²) in [6, 6.07) is 7.10. The fourth-order valence-corrected chi connectivity index (χ4v) is 5.23. The molecule has 1 aromatic heterocycles. The molecule has 0 spiro atoms. The largest absolute Gasteiger partial charge is 0.446 e. The average molecular weight is 449 g/mol. The number of nitrogens with one attached hydrogen (secondary N) is 4. The van der Waals surface area contributed by atoms with Crippen molar-refractivity contribution in [2.45, 2.75) is 56.1 Å². The lowest BCUT2D eigenvalue weighted by Gasteiger charge is -2.28. The molecule has 0 bridgehead atoms. The number of benzene rings is 1. The fraction of sp³-hybridized carbons (Fsp3) is 0.500. The van der Waals surface area contributed by atoms with Gasteiger partial charge in [0.05, 0.1) is 12.4 Å². The minimum absolute atomic E-state index is 0.0469. The molecular formula is C20H28N6O4S. The summed E-state index contributed by atoms with van der Waals surface area (Å²) in [6.07, 6.45) is 2.01. The lowest BCUT2D eigenvalue weighted by atomic mass is 10.0. The van der Waals surface area contributed by atoms with Crippen molar-refractivity contribution in [1.29, 1.82) is 0 Å². The van der Waals surface area contributed by atoms with Gasteiger partial charge in [-0.15, -0.1) is 0 Å². The molecule has 2 aromatic rings. The number of carbonyl (C=O) groups excluding carboxylic acids is 1. The van der Waals surface area contributed by atoms with Crippen LogP contribution in [0.3, 0.4) is 0 Å². The van der Waals surface area contributed by atoms with Gasteiger partial charge in [-0.05, 0) is 51.3 Å². The molecule has 1 amide bonds. The Hall–Kier alpha value is -2.79. The molecule has 1 saturated carbocycles. The van der Waals surface area contributed by atoms with Crippen LogP contribution in [0.2, 0.25) is 0 Å². The number of anilines is 3. The molecule has 2 heterocycles. The van der Waals surface area contributed by atoms with Crippen molar-refractivity contribution >= 4 is 33.3 Å². The van der Waals surface area contributed by atoms with E-state index in [9.17, 15) is 13.2 Å². The van der Waals surface area contributed by atoms with Gasteiger partial charge in [-0.1, -0.05) is 0 Å². The van der Waals surface area contributed by atoms with Gasteiger partial charge in [0.2, 0.25) is 10.0 Å². The zero-order valence-electron chi connectivity index (χ0n) is 17.8. The third-order valence-electron chi connectivity index (χ3n) is 5.53. The van der Waals surface area contributed by atoms with Crippen LogP contribution in [0.1, 0.15) is 44.7 Å². The fourth-order valence-electron chi connectivity index (χ4n) is 3.97. The maximum absolute atomic E-state index is 12.2. The van der Waals surface area contributed by atoms with E-state index in [1.807, 2.05) is 31.9 Å². The molecule has 11 heteroatoms. The van der Waals surface area contributed by atoms with Crippen molar-refractivity contribution in [3.8, 4) is 0 Å². The van der Waals surface area contributed by atoms with E-state index in [0.717, 1.165) is 30.6 Å². The molecule has 1 aromatic carbocycles. The SMILES string of the molecule is CC(C)NC(=O)O[C@@H]1CC[C@H](c2cc(Nc3ccc4c(c3)N(C)CNS4(=O)=O)n[nH]2)C1. The highest BCUT2D eigenvalue weighted by Gasteiger charge is 2.30. The standard InChI is InChI=1S/C20H28N6O4S/c1-12(2)22-20(27)30-15-6-4-13(8-15)16-10-19(25-24-16)23-14-5-7-18-17(9-14)26(3)11-21-31(18,28)29/h5,7,9-10,12-13,15,21H,4,6,8,11H2,1-3H3,(H,22,27)(H2,23,24,25)/t13-,15+/m0/s1. The first-order valence-electron chi connectivity index (χ1n) is 10.4. The van der Waals surface area contributed by atoms with Gasteiger partial charge < -0.3 is 20.3 Å². The summed E-state index contributed by atoms with van der Waals surface area (Å²) < 4.78 is 32.4. The van der Waals surface area contributed by atoms with Crippen molar-refractivity contribution in [3.05, 3.63) is 30.0 Å². The summed E-state index contributed by atoms with van der Waals surface area (Å²) in [5, 5.41) is 13.4. The monoisotopic (exact) mass is 448 g/mol. The summed E-state index contributed by atoms with van der Waals surface area (Å²) in [5.74, 6) is 0.891. The molecule has 168 valence electrons. The second-order valence-electron chi connectivity index (χ2n) is 8.36.